The molecule has 29 heavy (non-hydrogen) atoms. The van der Waals surface area contributed by atoms with Gasteiger partial charge < -0.3 is 5.32 Å². The molecule has 0 saturated heterocycles. The van der Waals surface area contributed by atoms with Gasteiger partial charge in [0.2, 0.25) is 5.91 Å². The highest BCUT2D eigenvalue weighted by atomic mass is 32.2. The number of anilines is 1. The van der Waals surface area contributed by atoms with Crippen molar-refractivity contribution in [1.82, 2.24) is 14.8 Å². The van der Waals surface area contributed by atoms with Crippen LogP contribution in [0.2, 0.25) is 0 Å². The van der Waals surface area contributed by atoms with Crippen molar-refractivity contribution in [3.8, 4) is 5.69 Å². The van der Waals surface area contributed by atoms with Crippen LogP contribution in [0, 0.1) is 0 Å². The second-order valence-corrected chi connectivity index (χ2v) is 8.45. The number of carbonyl (C=O) groups is 2. The van der Waals surface area contributed by atoms with Gasteiger partial charge in [0.05, 0.1) is 11.7 Å². The van der Waals surface area contributed by atoms with Gasteiger partial charge in [-0.1, -0.05) is 30.0 Å². The topological polar surface area (TPSA) is 76.9 Å². The monoisotopic (exact) mass is 404 g/mol. The van der Waals surface area contributed by atoms with Crippen molar-refractivity contribution in [2.45, 2.75) is 36.8 Å². The Morgan fingerprint density at radius 2 is 1.97 bits per heavy atom. The molecule has 0 bridgehead atoms. The van der Waals surface area contributed by atoms with Gasteiger partial charge in [0.25, 0.3) is 0 Å². The van der Waals surface area contributed by atoms with Gasteiger partial charge in [0.1, 0.15) is 5.82 Å². The third-order valence-electron chi connectivity index (χ3n) is 5.44. The molecule has 2 aromatic carbocycles. The second-order valence-electron chi connectivity index (χ2n) is 7.51. The maximum atomic E-state index is 12.8. The molecule has 2 heterocycles. The first-order chi connectivity index (χ1) is 14.1. The molecule has 0 spiro atoms. The van der Waals surface area contributed by atoms with Gasteiger partial charge in [-0.3, -0.25) is 14.2 Å². The summed E-state index contributed by atoms with van der Waals surface area (Å²) in [5.74, 6) is 1.46. The molecule has 146 valence electrons. The molecule has 6 nitrogen and oxygen atoms in total. The number of hydrogen-bond acceptors (Lipinski definition) is 5. The van der Waals surface area contributed by atoms with Gasteiger partial charge in [0, 0.05) is 22.9 Å². The zero-order valence-corrected chi connectivity index (χ0v) is 16.8. The zero-order chi connectivity index (χ0) is 20.0. The number of thioether (sulfide) groups is 1. The minimum Gasteiger partial charge on any atom is -0.325 e. The molecule has 1 aromatic heterocycles. The smallest absolute Gasteiger partial charge is 0.231 e. The van der Waals surface area contributed by atoms with Gasteiger partial charge >= 0.3 is 0 Å². The molecular weight excluding hydrogens is 384 g/mol. The minimum absolute atomic E-state index is 0.0138. The van der Waals surface area contributed by atoms with E-state index in [1.165, 1.54) is 11.8 Å². The summed E-state index contributed by atoms with van der Waals surface area (Å²) in [6.07, 6.45) is 2.27. The second kappa shape index (κ2) is 7.15. The fourth-order valence-electron chi connectivity index (χ4n) is 3.60. The Morgan fingerprint density at radius 1 is 1.17 bits per heavy atom. The molecule has 1 saturated carbocycles. The fraction of sp³-hybridized carbons (Fsp3) is 0.273. The Kier molecular flexibility index (Phi) is 4.47. The van der Waals surface area contributed by atoms with Gasteiger partial charge in [-0.05, 0) is 55.7 Å². The summed E-state index contributed by atoms with van der Waals surface area (Å²) < 4.78 is 2.07. The largest absolute Gasteiger partial charge is 0.325 e. The zero-order valence-electron chi connectivity index (χ0n) is 16.0. The molecule has 1 N–H and O–H groups in total. The number of aromatic nitrogens is 3. The van der Waals surface area contributed by atoms with Crippen molar-refractivity contribution < 1.29 is 9.59 Å². The number of rotatable bonds is 6. The van der Waals surface area contributed by atoms with E-state index in [2.05, 4.69) is 20.1 Å². The standard InChI is InChI=1S/C22H20N4O2S/c1-13-17-11-15(9-10-18(17)23-21(13)28)19(27)12-29-22-25-24-20(14-7-8-14)26(22)16-5-3-2-4-6-16/h2-6,9-11,13-14H,7-8,12H2,1H3,(H,23,28). The first kappa shape index (κ1) is 18.1. The number of ketones is 1. The number of carbonyl (C=O) groups excluding carboxylic acids is 2. The van der Waals surface area contributed by atoms with Gasteiger partial charge in [0.15, 0.2) is 10.9 Å². The van der Waals surface area contributed by atoms with Gasteiger partial charge in [-0.2, -0.15) is 0 Å². The Morgan fingerprint density at radius 3 is 2.72 bits per heavy atom. The van der Waals surface area contributed by atoms with Crippen LogP contribution in [0.3, 0.4) is 0 Å². The number of nitrogens with zero attached hydrogens (tertiary/aromatic N) is 3. The van der Waals surface area contributed by atoms with Crippen LogP contribution >= 0.6 is 11.8 Å². The summed E-state index contributed by atoms with van der Waals surface area (Å²) in [6, 6.07) is 15.5. The molecule has 5 rings (SSSR count). The molecule has 1 aliphatic carbocycles. The number of amides is 1. The maximum Gasteiger partial charge on any atom is 0.231 e. The number of Topliss-reactive ketones (excluding diaryl/α,β-unsaturated/α-hetero) is 1. The highest BCUT2D eigenvalue weighted by Gasteiger charge is 2.31. The number of nitrogens with one attached hydrogen (secondary N) is 1. The Labute approximate surface area is 172 Å². The summed E-state index contributed by atoms with van der Waals surface area (Å²) in [5.41, 5.74) is 3.32. The van der Waals surface area contributed by atoms with Crippen molar-refractivity contribution >= 4 is 29.1 Å². The molecule has 1 amide bonds. The maximum absolute atomic E-state index is 12.8. The molecule has 1 aliphatic heterocycles. The Balaban J connectivity index is 1.37. The van der Waals surface area contributed by atoms with Crippen molar-refractivity contribution in [3.05, 3.63) is 65.5 Å². The van der Waals surface area contributed by atoms with E-state index in [1.807, 2.05) is 49.4 Å². The highest BCUT2D eigenvalue weighted by Crippen LogP contribution is 2.41. The van der Waals surface area contributed by atoms with Crippen LogP contribution in [-0.4, -0.2) is 32.2 Å². The molecule has 1 fully saturated rings. The summed E-state index contributed by atoms with van der Waals surface area (Å²) in [5, 5.41) is 12.3. The highest BCUT2D eigenvalue weighted by molar-refractivity contribution is 7.99. The van der Waals surface area contributed by atoms with E-state index in [0.717, 1.165) is 40.8 Å². The third-order valence-corrected chi connectivity index (χ3v) is 6.37. The van der Waals surface area contributed by atoms with Crippen molar-refractivity contribution in [3.63, 3.8) is 0 Å². The van der Waals surface area contributed by atoms with E-state index in [4.69, 9.17) is 0 Å². The van der Waals surface area contributed by atoms with Crippen LogP contribution in [0.4, 0.5) is 5.69 Å². The number of benzene rings is 2. The van der Waals surface area contributed by atoms with E-state index in [-0.39, 0.29) is 23.4 Å². The van der Waals surface area contributed by atoms with Crippen LogP contribution in [-0.2, 0) is 4.79 Å². The summed E-state index contributed by atoms with van der Waals surface area (Å²) in [7, 11) is 0. The van der Waals surface area contributed by atoms with Gasteiger partial charge in [-0.25, -0.2) is 0 Å². The average Bonchev–Trinajstić information content (AvgIpc) is 3.44. The summed E-state index contributed by atoms with van der Waals surface area (Å²) in [6.45, 7) is 1.85. The first-order valence-corrected chi connectivity index (χ1v) is 10.7. The lowest BCUT2D eigenvalue weighted by Gasteiger charge is -2.10. The lowest BCUT2D eigenvalue weighted by atomic mass is 9.99. The van der Waals surface area contributed by atoms with Crippen LogP contribution in [0.15, 0.2) is 53.7 Å². The van der Waals surface area contributed by atoms with Crippen LogP contribution in [0.25, 0.3) is 5.69 Å². The normalized spacial score (nSPS) is 17.8. The molecule has 0 radical (unpaired) electrons. The van der Waals surface area contributed by atoms with E-state index in [1.54, 1.807) is 6.07 Å². The van der Waals surface area contributed by atoms with E-state index >= 15 is 0 Å². The number of fused-ring (bicyclic) bond motifs is 1. The van der Waals surface area contributed by atoms with E-state index < -0.39 is 0 Å². The molecular formula is C22H20N4O2S. The van der Waals surface area contributed by atoms with Crippen LogP contribution < -0.4 is 5.32 Å². The molecule has 2 aliphatic rings. The van der Waals surface area contributed by atoms with Crippen molar-refractivity contribution in [2.24, 2.45) is 0 Å². The fourth-order valence-corrected chi connectivity index (χ4v) is 4.46. The predicted molar refractivity (Wildman–Crippen MR) is 112 cm³/mol. The van der Waals surface area contributed by atoms with Crippen LogP contribution in [0.1, 0.15) is 53.3 Å². The minimum atomic E-state index is -0.229. The van der Waals surface area contributed by atoms with E-state index in [9.17, 15) is 9.59 Å². The third kappa shape index (κ3) is 3.35. The van der Waals surface area contributed by atoms with Crippen LogP contribution in [0.5, 0.6) is 0 Å². The SMILES string of the molecule is CC1C(=O)Nc2ccc(C(=O)CSc3nnc(C4CC4)n3-c3ccccc3)cc21. The lowest BCUT2D eigenvalue weighted by molar-refractivity contribution is -0.116. The summed E-state index contributed by atoms with van der Waals surface area (Å²) in [4.78, 5) is 24.7. The Bertz CT molecular complexity index is 1110. The van der Waals surface area contributed by atoms with Gasteiger partial charge in [-0.15, -0.1) is 10.2 Å². The number of para-hydroxylation sites is 1. The van der Waals surface area contributed by atoms with Crippen molar-refractivity contribution in [2.75, 3.05) is 11.1 Å². The Hall–Kier alpha value is -2.93. The number of hydrogen-bond donors (Lipinski definition) is 1. The average molecular weight is 404 g/mol. The predicted octanol–water partition coefficient (Wildman–Crippen LogP) is 4.18. The quantitative estimate of drug-likeness (QED) is 0.493. The molecule has 3 aromatic rings. The molecule has 7 heteroatoms. The summed E-state index contributed by atoms with van der Waals surface area (Å²) >= 11 is 1.40. The van der Waals surface area contributed by atoms with Crippen molar-refractivity contribution in [1.29, 1.82) is 0 Å². The molecule has 1 unspecified atom stereocenters. The molecule has 1 atom stereocenters. The first-order valence-electron chi connectivity index (χ1n) is 9.73. The van der Waals surface area contributed by atoms with E-state index in [0.29, 0.717) is 11.5 Å². The lowest BCUT2D eigenvalue weighted by Crippen LogP contribution is -2.08.